The maximum atomic E-state index is 13.5. The van der Waals surface area contributed by atoms with Crippen LogP contribution in [-0.4, -0.2) is 57.7 Å². The van der Waals surface area contributed by atoms with Crippen molar-refractivity contribution in [3.63, 3.8) is 0 Å². The number of sulfonamides is 1. The number of methoxy groups -OCH3 is 1. The fourth-order valence-electron chi connectivity index (χ4n) is 4.94. The van der Waals surface area contributed by atoms with Crippen molar-refractivity contribution >= 4 is 50.8 Å². The Morgan fingerprint density at radius 1 is 0.927 bits per heavy atom. The maximum absolute atomic E-state index is 13.5. The summed E-state index contributed by atoms with van der Waals surface area (Å²) in [6.07, 6.45) is 2.76. The van der Waals surface area contributed by atoms with Gasteiger partial charge in [0.1, 0.15) is 5.75 Å². The molecular weight excluding hydrogens is 562 g/mol. The van der Waals surface area contributed by atoms with Crippen LogP contribution in [0.4, 0.5) is 17.3 Å². The normalized spacial score (nSPS) is 14.0. The molecule has 0 spiro atoms. The van der Waals surface area contributed by atoms with Gasteiger partial charge in [-0.2, -0.15) is 0 Å². The third-order valence-electron chi connectivity index (χ3n) is 6.97. The van der Waals surface area contributed by atoms with Crippen molar-refractivity contribution in [1.29, 1.82) is 0 Å². The summed E-state index contributed by atoms with van der Waals surface area (Å²) in [6, 6.07) is 20.0. The highest BCUT2D eigenvalue weighted by Gasteiger charge is 2.22. The van der Waals surface area contributed by atoms with Crippen molar-refractivity contribution in [2.45, 2.75) is 30.7 Å². The molecule has 0 amide bonds. The lowest BCUT2D eigenvalue weighted by Crippen LogP contribution is -2.19. The van der Waals surface area contributed by atoms with E-state index in [9.17, 15) is 8.42 Å². The SMILES string of the molecule is COc1cccc(Nc2nc3ccccc3nc2NS(=O)(=O)c2ccc(CN(C)C)cc2)c1CC1CCOCC1.Cl. The predicted molar refractivity (Wildman–Crippen MR) is 165 cm³/mol. The van der Waals surface area contributed by atoms with Crippen LogP contribution in [0.5, 0.6) is 5.75 Å². The van der Waals surface area contributed by atoms with Crippen LogP contribution in [0.1, 0.15) is 24.0 Å². The molecule has 0 radical (unpaired) electrons. The number of aromatic nitrogens is 2. The molecule has 0 bridgehead atoms. The van der Waals surface area contributed by atoms with Crippen LogP contribution in [0, 0.1) is 5.92 Å². The zero-order valence-electron chi connectivity index (χ0n) is 23.5. The third-order valence-corrected chi connectivity index (χ3v) is 8.33. The Morgan fingerprint density at radius 3 is 2.22 bits per heavy atom. The number of para-hydroxylation sites is 2. The van der Waals surface area contributed by atoms with Gasteiger partial charge in [-0.15, -0.1) is 12.4 Å². The first-order valence-electron chi connectivity index (χ1n) is 13.4. The van der Waals surface area contributed by atoms with E-state index in [4.69, 9.17) is 14.5 Å². The molecule has 2 heterocycles. The minimum absolute atomic E-state index is 0. The van der Waals surface area contributed by atoms with Crippen molar-refractivity contribution in [3.05, 3.63) is 77.9 Å². The first-order chi connectivity index (χ1) is 19.3. The van der Waals surface area contributed by atoms with Crippen molar-refractivity contribution in [2.75, 3.05) is 44.5 Å². The quantitative estimate of drug-likeness (QED) is 0.242. The van der Waals surface area contributed by atoms with Gasteiger partial charge in [0.25, 0.3) is 10.0 Å². The summed E-state index contributed by atoms with van der Waals surface area (Å²) < 4.78 is 40.9. The zero-order valence-corrected chi connectivity index (χ0v) is 25.1. The van der Waals surface area contributed by atoms with Crippen molar-refractivity contribution in [3.8, 4) is 5.75 Å². The van der Waals surface area contributed by atoms with E-state index in [0.717, 1.165) is 55.0 Å². The number of ether oxygens (including phenoxy) is 2. The second kappa shape index (κ2) is 13.5. The molecule has 1 fully saturated rings. The summed E-state index contributed by atoms with van der Waals surface area (Å²) in [5.41, 5.74) is 4.06. The van der Waals surface area contributed by atoms with Crippen LogP contribution in [0.2, 0.25) is 0 Å². The van der Waals surface area contributed by atoms with Crippen LogP contribution in [0.15, 0.2) is 71.6 Å². The Bertz CT molecular complexity index is 1580. The van der Waals surface area contributed by atoms with E-state index in [1.807, 2.05) is 73.6 Å². The van der Waals surface area contributed by atoms with E-state index in [2.05, 4.69) is 15.0 Å². The van der Waals surface area contributed by atoms with Crippen LogP contribution in [-0.2, 0) is 27.7 Å². The van der Waals surface area contributed by atoms with E-state index in [1.165, 1.54) is 0 Å². The number of benzene rings is 3. The number of hydrogen-bond acceptors (Lipinski definition) is 8. The number of anilines is 3. The minimum Gasteiger partial charge on any atom is -0.496 e. The Morgan fingerprint density at radius 2 is 1.59 bits per heavy atom. The van der Waals surface area contributed by atoms with Gasteiger partial charge in [0.15, 0.2) is 11.6 Å². The molecule has 9 nitrogen and oxygen atoms in total. The van der Waals surface area contributed by atoms with Gasteiger partial charge in [-0.1, -0.05) is 30.3 Å². The summed E-state index contributed by atoms with van der Waals surface area (Å²) in [5, 5.41) is 3.39. The number of nitrogens with one attached hydrogen (secondary N) is 2. The number of fused-ring (bicyclic) bond motifs is 1. The molecule has 1 aromatic heterocycles. The molecule has 0 saturated carbocycles. The summed E-state index contributed by atoms with van der Waals surface area (Å²) in [6.45, 7) is 2.22. The van der Waals surface area contributed by atoms with E-state index in [1.54, 1.807) is 19.2 Å². The number of halogens is 1. The van der Waals surface area contributed by atoms with E-state index < -0.39 is 10.0 Å². The predicted octanol–water partition coefficient (Wildman–Crippen LogP) is 5.64. The molecule has 1 aliphatic heterocycles. The molecule has 11 heteroatoms. The van der Waals surface area contributed by atoms with Gasteiger partial charge in [-0.25, -0.2) is 18.4 Å². The zero-order chi connectivity index (χ0) is 28.1. The Hall–Kier alpha value is -3.44. The van der Waals surface area contributed by atoms with Gasteiger partial charge in [-0.3, -0.25) is 4.72 Å². The molecule has 4 aromatic rings. The lowest BCUT2D eigenvalue weighted by molar-refractivity contribution is 0.0664. The van der Waals surface area contributed by atoms with Gasteiger partial charge in [-0.05, 0) is 81.2 Å². The molecule has 1 saturated heterocycles. The smallest absolute Gasteiger partial charge is 0.263 e. The number of nitrogens with zero attached hydrogens (tertiary/aromatic N) is 3. The van der Waals surface area contributed by atoms with E-state index in [-0.39, 0.29) is 23.1 Å². The first kappa shape index (κ1) is 30.5. The van der Waals surface area contributed by atoms with Gasteiger partial charge < -0.3 is 19.7 Å². The highest BCUT2D eigenvalue weighted by Crippen LogP contribution is 2.35. The molecule has 0 aliphatic carbocycles. The van der Waals surface area contributed by atoms with Crippen LogP contribution in [0.3, 0.4) is 0 Å². The molecule has 2 N–H and O–H groups in total. The first-order valence-corrected chi connectivity index (χ1v) is 14.8. The lowest BCUT2D eigenvalue weighted by Gasteiger charge is -2.24. The Balaban J connectivity index is 0.00000387. The van der Waals surface area contributed by atoms with Crippen molar-refractivity contribution in [1.82, 2.24) is 14.9 Å². The minimum atomic E-state index is -3.93. The molecule has 41 heavy (non-hydrogen) atoms. The van der Waals surface area contributed by atoms with Crippen LogP contribution < -0.4 is 14.8 Å². The highest BCUT2D eigenvalue weighted by atomic mass is 35.5. The summed E-state index contributed by atoms with van der Waals surface area (Å²) in [5.74, 6) is 1.66. The van der Waals surface area contributed by atoms with E-state index >= 15 is 0 Å². The second-order valence-corrected chi connectivity index (χ2v) is 12.0. The van der Waals surface area contributed by atoms with Crippen molar-refractivity contribution < 1.29 is 17.9 Å². The average molecular weight is 598 g/mol. The molecule has 3 aromatic carbocycles. The Labute approximate surface area is 247 Å². The highest BCUT2D eigenvalue weighted by molar-refractivity contribution is 7.92. The molecule has 1 aliphatic rings. The molecule has 0 atom stereocenters. The van der Waals surface area contributed by atoms with Gasteiger partial charge in [0.2, 0.25) is 0 Å². The lowest BCUT2D eigenvalue weighted by atomic mass is 9.91. The largest absolute Gasteiger partial charge is 0.496 e. The van der Waals surface area contributed by atoms with Crippen LogP contribution in [0.25, 0.3) is 11.0 Å². The third kappa shape index (κ3) is 7.45. The molecule has 0 unspecified atom stereocenters. The fraction of sp³-hybridized carbons (Fsp3) is 0.333. The number of rotatable bonds is 10. The standard InChI is InChI=1S/C30H35N5O4S.ClH/c1-35(2)20-22-11-13-23(14-12-22)40(36,37)34-30-29(32-26-7-4-5-8-27(26)33-30)31-25-9-6-10-28(38-3)24(25)19-21-15-17-39-18-16-21;/h4-14,21H,15-20H2,1-3H3,(H,31,32)(H,33,34);1H. The summed E-state index contributed by atoms with van der Waals surface area (Å²) >= 11 is 0. The Kier molecular flexibility index (Phi) is 10.0. The maximum Gasteiger partial charge on any atom is 0.263 e. The average Bonchev–Trinajstić information content (AvgIpc) is 2.94. The number of hydrogen-bond donors (Lipinski definition) is 2. The van der Waals surface area contributed by atoms with Crippen molar-refractivity contribution in [2.24, 2.45) is 5.92 Å². The molecule has 5 rings (SSSR count). The van der Waals surface area contributed by atoms with Gasteiger partial charge in [0.05, 0.1) is 23.0 Å². The fourth-order valence-corrected chi connectivity index (χ4v) is 5.94. The van der Waals surface area contributed by atoms with Crippen LogP contribution >= 0.6 is 12.4 Å². The summed E-state index contributed by atoms with van der Waals surface area (Å²) in [7, 11) is 1.66. The summed E-state index contributed by atoms with van der Waals surface area (Å²) in [4.78, 5) is 11.6. The second-order valence-electron chi connectivity index (χ2n) is 10.3. The molecule has 218 valence electrons. The molecular formula is C30H36ClN5O4S. The van der Waals surface area contributed by atoms with E-state index in [0.29, 0.717) is 29.3 Å². The topological polar surface area (TPSA) is 106 Å². The monoisotopic (exact) mass is 597 g/mol. The van der Waals surface area contributed by atoms with Gasteiger partial charge in [0, 0.05) is 31.0 Å². The van der Waals surface area contributed by atoms with Gasteiger partial charge >= 0.3 is 0 Å².